The van der Waals surface area contributed by atoms with Crippen LogP contribution in [0.2, 0.25) is 0 Å². The van der Waals surface area contributed by atoms with E-state index in [9.17, 15) is 14.4 Å². The Bertz CT molecular complexity index is 349. The summed E-state index contributed by atoms with van der Waals surface area (Å²) in [5.41, 5.74) is -1.11. The molecule has 0 aromatic carbocycles. The molecular weight excluding hydrogens is 258 g/mol. The van der Waals surface area contributed by atoms with E-state index in [1.807, 2.05) is 6.92 Å². The highest BCUT2D eigenvalue weighted by atomic mass is 16.2. The molecule has 0 unspecified atom stereocenters. The summed E-state index contributed by atoms with van der Waals surface area (Å²) in [5, 5.41) is 7.69. The third kappa shape index (κ3) is 4.03. The summed E-state index contributed by atoms with van der Waals surface area (Å²) < 4.78 is 0. The lowest BCUT2D eigenvalue weighted by Gasteiger charge is -2.34. The summed E-state index contributed by atoms with van der Waals surface area (Å²) in [7, 11) is 0. The van der Waals surface area contributed by atoms with Gasteiger partial charge in [0.2, 0.25) is 11.8 Å². The van der Waals surface area contributed by atoms with Crippen LogP contribution in [0.5, 0.6) is 0 Å². The van der Waals surface area contributed by atoms with Crippen molar-refractivity contribution in [2.75, 3.05) is 13.1 Å². The molecule has 0 aromatic heterocycles. The minimum absolute atomic E-state index is 0.418. The van der Waals surface area contributed by atoms with Gasteiger partial charge in [-0.2, -0.15) is 0 Å². The lowest BCUT2D eigenvalue weighted by molar-refractivity contribution is -0.145. The summed E-state index contributed by atoms with van der Waals surface area (Å²) in [6.45, 7) is 5.59. The maximum atomic E-state index is 12.1. The molecule has 6 heteroatoms. The van der Waals surface area contributed by atoms with Gasteiger partial charge in [0.25, 0.3) is 0 Å². The standard InChI is InChI=1S/C14H25N3O3/c1-3-5-7-14(8-10-15-9-6-4-2)11(18)16-13(20)17-12(14)19/h15H,3-10H2,1-2H3,(H2,16,17,18,19,20). The molecule has 1 saturated heterocycles. The zero-order valence-electron chi connectivity index (χ0n) is 12.4. The van der Waals surface area contributed by atoms with Crippen LogP contribution in [0.1, 0.15) is 52.4 Å². The highest BCUT2D eigenvalue weighted by Gasteiger charge is 2.48. The maximum absolute atomic E-state index is 12.1. The van der Waals surface area contributed by atoms with Crippen molar-refractivity contribution in [1.29, 1.82) is 0 Å². The van der Waals surface area contributed by atoms with Crippen molar-refractivity contribution >= 4 is 17.8 Å². The summed E-state index contributed by atoms with van der Waals surface area (Å²) in [6, 6.07) is -0.717. The van der Waals surface area contributed by atoms with E-state index in [1.54, 1.807) is 0 Å². The van der Waals surface area contributed by atoms with E-state index in [0.717, 1.165) is 32.2 Å². The van der Waals surface area contributed by atoms with Crippen molar-refractivity contribution in [3.63, 3.8) is 0 Å². The van der Waals surface area contributed by atoms with Crippen LogP contribution in [0.25, 0.3) is 0 Å². The lowest BCUT2D eigenvalue weighted by atomic mass is 9.76. The van der Waals surface area contributed by atoms with Crippen LogP contribution in [0.4, 0.5) is 4.79 Å². The number of carbonyl (C=O) groups excluding carboxylic acids is 3. The molecule has 0 radical (unpaired) electrons. The van der Waals surface area contributed by atoms with Crippen LogP contribution in [-0.2, 0) is 9.59 Å². The molecule has 4 amide bonds. The molecule has 0 atom stereocenters. The molecule has 0 aliphatic carbocycles. The Labute approximate surface area is 120 Å². The van der Waals surface area contributed by atoms with Gasteiger partial charge in [0.05, 0.1) is 0 Å². The smallest absolute Gasteiger partial charge is 0.317 e. The number of imide groups is 2. The van der Waals surface area contributed by atoms with Gasteiger partial charge in [-0.3, -0.25) is 20.2 Å². The molecule has 0 aromatic rings. The van der Waals surface area contributed by atoms with Gasteiger partial charge in [-0.1, -0.05) is 33.1 Å². The van der Waals surface area contributed by atoms with Gasteiger partial charge in [-0.25, -0.2) is 4.79 Å². The van der Waals surface area contributed by atoms with Crippen LogP contribution >= 0.6 is 0 Å². The second kappa shape index (κ2) is 7.99. The largest absolute Gasteiger partial charge is 0.328 e. The molecular formula is C14H25N3O3. The van der Waals surface area contributed by atoms with Gasteiger partial charge in [-0.05, 0) is 32.4 Å². The first kappa shape index (κ1) is 16.6. The number of amides is 4. The molecule has 0 spiro atoms. The molecule has 6 nitrogen and oxygen atoms in total. The van der Waals surface area contributed by atoms with Crippen LogP contribution < -0.4 is 16.0 Å². The minimum atomic E-state index is -1.11. The Morgan fingerprint density at radius 1 is 0.900 bits per heavy atom. The number of barbiturate groups is 1. The van der Waals surface area contributed by atoms with Gasteiger partial charge in [0, 0.05) is 0 Å². The summed E-state index contributed by atoms with van der Waals surface area (Å²) in [5.74, 6) is -0.922. The van der Waals surface area contributed by atoms with Gasteiger partial charge >= 0.3 is 6.03 Å². The number of hydrogen-bond acceptors (Lipinski definition) is 4. The van der Waals surface area contributed by atoms with Crippen LogP contribution in [0.15, 0.2) is 0 Å². The molecule has 3 N–H and O–H groups in total. The number of nitrogens with one attached hydrogen (secondary N) is 3. The van der Waals surface area contributed by atoms with E-state index < -0.39 is 23.3 Å². The van der Waals surface area contributed by atoms with Crippen molar-refractivity contribution in [2.24, 2.45) is 5.41 Å². The molecule has 0 bridgehead atoms. The second-order valence-corrected chi connectivity index (χ2v) is 5.28. The van der Waals surface area contributed by atoms with Crippen LogP contribution in [0.3, 0.4) is 0 Å². The fourth-order valence-corrected chi connectivity index (χ4v) is 2.37. The van der Waals surface area contributed by atoms with Crippen LogP contribution in [-0.4, -0.2) is 30.9 Å². The highest BCUT2D eigenvalue weighted by molar-refractivity contribution is 6.19. The lowest BCUT2D eigenvalue weighted by Crippen LogP contribution is -2.62. The summed E-state index contributed by atoms with van der Waals surface area (Å²) >= 11 is 0. The third-order valence-electron chi connectivity index (χ3n) is 3.72. The first-order valence-corrected chi connectivity index (χ1v) is 7.44. The average molecular weight is 283 g/mol. The predicted octanol–water partition coefficient (Wildman–Crippen LogP) is 1.31. The molecule has 1 rings (SSSR count). The second-order valence-electron chi connectivity index (χ2n) is 5.28. The van der Waals surface area contributed by atoms with Crippen LogP contribution in [0, 0.1) is 5.41 Å². The Hall–Kier alpha value is -1.43. The van der Waals surface area contributed by atoms with Gasteiger partial charge in [0.1, 0.15) is 5.41 Å². The number of urea groups is 1. The molecule has 1 heterocycles. The number of hydrogen-bond donors (Lipinski definition) is 3. The normalized spacial score (nSPS) is 17.8. The first-order chi connectivity index (χ1) is 9.56. The number of rotatable bonds is 9. The molecule has 20 heavy (non-hydrogen) atoms. The van der Waals surface area contributed by atoms with Crippen molar-refractivity contribution in [1.82, 2.24) is 16.0 Å². The van der Waals surface area contributed by atoms with Crippen molar-refractivity contribution in [3.8, 4) is 0 Å². The molecule has 1 fully saturated rings. The molecule has 0 saturated carbocycles. The van der Waals surface area contributed by atoms with Gasteiger partial charge in [0.15, 0.2) is 0 Å². The van der Waals surface area contributed by atoms with Crippen molar-refractivity contribution in [3.05, 3.63) is 0 Å². The number of unbranched alkanes of at least 4 members (excludes halogenated alkanes) is 2. The monoisotopic (exact) mass is 283 g/mol. The Morgan fingerprint density at radius 3 is 2.05 bits per heavy atom. The van der Waals surface area contributed by atoms with Crippen molar-refractivity contribution < 1.29 is 14.4 Å². The average Bonchev–Trinajstić information content (AvgIpc) is 2.40. The minimum Gasteiger partial charge on any atom is -0.317 e. The van der Waals surface area contributed by atoms with Crippen molar-refractivity contribution in [2.45, 2.75) is 52.4 Å². The Morgan fingerprint density at radius 2 is 1.50 bits per heavy atom. The zero-order chi connectivity index (χ0) is 15.0. The highest BCUT2D eigenvalue weighted by Crippen LogP contribution is 2.31. The SMILES string of the molecule is CCCCNCCC1(CCCC)C(=O)NC(=O)NC1=O. The summed E-state index contributed by atoms with van der Waals surface area (Å²) in [6.07, 6.45) is 4.75. The van der Waals surface area contributed by atoms with E-state index in [0.29, 0.717) is 19.4 Å². The quantitative estimate of drug-likeness (QED) is 0.440. The number of carbonyl (C=O) groups is 3. The molecule has 1 aliphatic heterocycles. The fourth-order valence-electron chi connectivity index (χ4n) is 2.37. The van der Waals surface area contributed by atoms with Gasteiger partial charge in [-0.15, -0.1) is 0 Å². The van der Waals surface area contributed by atoms with E-state index >= 15 is 0 Å². The van der Waals surface area contributed by atoms with Gasteiger partial charge < -0.3 is 5.32 Å². The maximum Gasteiger partial charge on any atom is 0.328 e. The zero-order valence-corrected chi connectivity index (χ0v) is 12.4. The molecule has 1 aliphatic rings. The fraction of sp³-hybridized carbons (Fsp3) is 0.786. The third-order valence-corrected chi connectivity index (χ3v) is 3.72. The van der Waals surface area contributed by atoms with E-state index in [-0.39, 0.29) is 0 Å². The topological polar surface area (TPSA) is 87.3 Å². The Balaban J connectivity index is 2.67. The van der Waals surface area contributed by atoms with E-state index in [1.165, 1.54) is 0 Å². The Kier molecular flexibility index (Phi) is 6.64. The predicted molar refractivity (Wildman–Crippen MR) is 76.0 cm³/mol. The summed E-state index contributed by atoms with van der Waals surface area (Å²) in [4.78, 5) is 35.5. The first-order valence-electron chi connectivity index (χ1n) is 7.44. The van der Waals surface area contributed by atoms with E-state index in [2.05, 4.69) is 22.9 Å². The molecule has 114 valence electrons. The van der Waals surface area contributed by atoms with E-state index in [4.69, 9.17) is 0 Å².